The molecule has 1 saturated heterocycles. The fourth-order valence-electron chi connectivity index (χ4n) is 5.39. The van der Waals surface area contributed by atoms with Gasteiger partial charge in [-0.15, -0.1) is 0 Å². The Balaban J connectivity index is 1.76. The predicted molar refractivity (Wildman–Crippen MR) is 134 cm³/mol. The maximum atomic E-state index is 13.6. The Hall–Kier alpha value is -3.47. The third-order valence-electron chi connectivity index (χ3n) is 7.50. The van der Waals surface area contributed by atoms with Crippen LogP contribution in [0.4, 0.5) is 26.3 Å². The number of hydrogen-bond acceptors (Lipinski definition) is 4. The van der Waals surface area contributed by atoms with Gasteiger partial charge in [0.15, 0.2) is 0 Å². The highest BCUT2D eigenvalue weighted by Crippen LogP contribution is 2.43. The van der Waals surface area contributed by atoms with Crippen LogP contribution in [0.3, 0.4) is 0 Å². The minimum absolute atomic E-state index is 0.111. The summed E-state index contributed by atoms with van der Waals surface area (Å²) in [5, 5.41) is 3.92. The van der Waals surface area contributed by atoms with Gasteiger partial charge in [0.2, 0.25) is 0 Å². The third kappa shape index (κ3) is 5.11. The van der Waals surface area contributed by atoms with Crippen molar-refractivity contribution < 1.29 is 26.3 Å². The van der Waals surface area contributed by atoms with Crippen LogP contribution in [0.1, 0.15) is 65.6 Å². The Bertz CT molecular complexity index is 1520. The summed E-state index contributed by atoms with van der Waals surface area (Å²) in [5.41, 5.74) is 2.17. The zero-order valence-electron chi connectivity index (χ0n) is 21.6. The lowest BCUT2D eigenvalue weighted by Crippen LogP contribution is -2.28. The van der Waals surface area contributed by atoms with Crippen LogP contribution in [0.5, 0.6) is 0 Å². The van der Waals surface area contributed by atoms with E-state index in [1.165, 1.54) is 0 Å². The van der Waals surface area contributed by atoms with Gasteiger partial charge in [0.25, 0.3) is 0 Å². The second kappa shape index (κ2) is 9.62. The van der Waals surface area contributed by atoms with Crippen LogP contribution < -0.4 is 5.32 Å². The molecular weight excluding hydrogens is 520 g/mol. The fourth-order valence-corrected chi connectivity index (χ4v) is 5.39. The van der Waals surface area contributed by atoms with Crippen LogP contribution in [-0.2, 0) is 31.5 Å². The molecule has 0 radical (unpaired) electrons. The average molecular weight is 548 g/mol. The van der Waals surface area contributed by atoms with E-state index in [-0.39, 0.29) is 12.5 Å². The monoisotopic (exact) mass is 547 g/mol. The first kappa shape index (κ1) is 27.1. The zero-order chi connectivity index (χ0) is 28.2. The molecule has 1 fully saturated rings. The van der Waals surface area contributed by atoms with Gasteiger partial charge < -0.3 is 9.88 Å². The van der Waals surface area contributed by atoms with Crippen molar-refractivity contribution in [3.8, 4) is 0 Å². The molecular formula is C28H27F6N5. The summed E-state index contributed by atoms with van der Waals surface area (Å²) >= 11 is 0. The first-order chi connectivity index (χ1) is 18.3. The molecule has 2 atom stereocenters. The predicted octanol–water partition coefficient (Wildman–Crippen LogP) is 6.44. The molecule has 5 nitrogen and oxygen atoms in total. The van der Waals surface area contributed by atoms with Gasteiger partial charge in [0.05, 0.1) is 23.0 Å². The SMILES string of the molecule is CCc1nc2ccc(C(C)(c3ccnc(C(F)(F)F)c3)c3cncn3C)cc2c(C2CN2)c1CCC(F)(F)F. The quantitative estimate of drug-likeness (QED) is 0.214. The zero-order valence-corrected chi connectivity index (χ0v) is 21.6. The van der Waals surface area contributed by atoms with Gasteiger partial charge in [-0.3, -0.25) is 9.97 Å². The molecule has 0 spiro atoms. The van der Waals surface area contributed by atoms with Crippen molar-refractivity contribution in [1.29, 1.82) is 0 Å². The second-order valence-corrected chi connectivity index (χ2v) is 10.1. The van der Waals surface area contributed by atoms with Crippen molar-refractivity contribution >= 4 is 10.9 Å². The number of imidazole rings is 1. The Kier molecular flexibility index (Phi) is 6.69. The fraction of sp³-hybridized carbons (Fsp3) is 0.393. The van der Waals surface area contributed by atoms with Gasteiger partial charge in [-0.1, -0.05) is 13.0 Å². The molecule has 39 heavy (non-hydrogen) atoms. The van der Waals surface area contributed by atoms with Crippen LogP contribution in [0, 0.1) is 0 Å². The molecule has 0 aliphatic carbocycles. The number of pyridine rings is 2. The van der Waals surface area contributed by atoms with E-state index in [1.807, 2.05) is 26.0 Å². The van der Waals surface area contributed by atoms with Gasteiger partial charge in [-0.2, -0.15) is 26.3 Å². The second-order valence-electron chi connectivity index (χ2n) is 10.1. The van der Waals surface area contributed by atoms with E-state index in [0.29, 0.717) is 51.9 Å². The van der Waals surface area contributed by atoms with Gasteiger partial charge in [0, 0.05) is 49.5 Å². The molecule has 5 rings (SSSR count). The maximum Gasteiger partial charge on any atom is 0.433 e. The van der Waals surface area contributed by atoms with E-state index in [0.717, 1.165) is 17.8 Å². The highest BCUT2D eigenvalue weighted by atomic mass is 19.4. The number of rotatable bonds is 7. The number of hydrogen-bond donors (Lipinski definition) is 1. The van der Waals surface area contributed by atoms with E-state index >= 15 is 0 Å². The smallest absolute Gasteiger partial charge is 0.337 e. The minimum Gasteiger partial charge on any atom is -0.337 e. The number of aryl methyl sites for hydroxylation is 2. The number of aromatic nitrogens is 4. The van der Waals surface area contributed by atoms with Crippen molar-refractivity contribution in [2.75, 3.05) is 6.54 Å². The van der Waals surface area contributed by atoms with Crippen molar-refractivity contribution in [3.63, 3.8) is 0 Å². The molecule has 0 bridgehead atoms. The lowest BCUT2D eigenvalue weighted by atomic mass is 9.73. The summed E-state index contributed by atoms with van der Waals surface area (Å²) in [6.07, 6.45) is -5.30. The molecule has 1 aromatic carbocycles. The summed E-state index contributed by atoms with van der Waals surface area (Å²) in [6, 6.07) is 7.93. The van der Waals surface area contributed by atoms with Crippen LogP contribution in [0.2, 0.25) is 0 Å². The molecule has 1 aliphatic rings. The standard InChI is InChI=1S/C28H27F6N5/c1-4-20-18(7-9-27(29,30)31)25(22-13-37-22)19-11-16(5-6-21(19)38-20)26(2,24-14-35-15-39(24)3)17-8-10-36-23(12-17)28(32,33)34/h5-6,8,10-12,14-15,22,37H,4,7,9,13H2,1-3H3. The highest BCUT2D eigenvalue weighted by Gasteiger charge is 2.39. The van der Waals surface area contributed by atoms with Crippen molar-refractivity contribution in [2.24, 2.45) is 7.05 Å². The van der Waals surface area contributed by atoms with Gasteiger partial charge in [-0.25, -0.2) is 4.98 Å². The first-order valence-corrected chi connectivity index (χ1v) is 12.6. The minimum atomic E-state index is -4.63. The van der Waals surface area contributed by atoms with Crippen molar-refractivity contribution in [1.82, 2.24) is 24.8 Å². The van der Waals surface area contributed by atoms with E-state index in [9.17, 15) is 26.3 Å². The van der Waals surface area contributed by atoms with E-state index in [2.05, 4.69) is 15.3 Å². The Morgan fingerprint density at radius 3 is 2.36 bits per heavy atom. The number of fused-ring (bicyclic) bond motifs is 1. The highest BCUT2D eigenvalue weighted by molar-refractivity contribution is 5.86. The number of nitrogens with one attached hydrogen (secondary N) is 1. The first-order valence-electron chi connectivity index (χ1n) is 12.6. The third-order valence-corrected chi connectivity index (χ3v) is 7.50. The molecule has 4 aromatic rings. The summed E-state index contributed by atoms with van der Waals surface area (Å²) < 4.78 is 82.3. The average Bonchev–Trinajstić information content (AvgIpc) is 3.63. The molecule has 4 heterocycles. The summed E-state index contributed by atoms with van der Waals surface area (Å²) in [6.45, 7) is 4.31. The Labute approximate surface area is 221 Å². The summed E-state index contributed by atoms with van der Waals surface area (Å²) in [5.74, 6) is 0. The van der Waals surface area contributed by atoms with Gasteiger partial charge in [0.1, 0.15) is 5.69 Å². The van der Waals surface area contributed by atoms with Crippen LogP contribution >= 0.6 is 0 Å². The van der Waals surface area contributed by atoms with Crippen molar-refractivity contribution in [2.45, 2.75) is 56.9 Å². The molecule has 2 unspecified atom stereocenters. The van der Waals surface area contributed by atoms with Crippen molar-refractivity contribution in [3.05, 3.63) is 88.4 Å². The lowest BCUT2D eigenvalue weighted by Gasteiger charge is -2.32. The summed E-state index contributed by atoms with van der Waals surface area (Å²) in [7, 11) is 1.76. The normalized spacial score (nSPS) is 17.4. The Morgan fingerprint density at radius 2 is 1.77 bits per heavy atom. The van der Waals surface area contributed by atoms with Gasteiger partial charge >= 0.3 is 12.4 Å². The van der Waals surface area contributed by atoms with E-state index in [4.69, 9.17) is 4.98 Å². The Morgan fingerprint density at radius 1 is 1.05 bits per heavy atom. The van der Waals surface area contributed by atoms with E-state index < -0.39 is 29.9 Å². The molecule has 1 aliphatic heterocycles. The molecule has 206 valence electrons. The largest absolute Gasteiger partial charge is 0.433 e. The topological polar surface area (TPSA) is 65.5 Å². The number of halogens is 6. The van der Waals surface area contributed by atoms with E-state index in [1.54, 1.807) is 36.3 Å². The maximum absolute atomic E-state index is 13.6. The number of alkyl halides is 6. The molecule has 3 aromatic heterocycles. The number of nitrogens with zero attached hydrogens (tertiary/aromatic N) is 4. The molecule has 0 saturated carbocycles. The van der Waals surface area contributed by atoms with Crippen LogP contribution in [0.25, 0.3) is 10.9 Å². The molecule has 1 N–H and O–H groups in total. The molecule has 11 heteroatoms. The lowest BCUT2D eigenvalue weighted by molar-refractivity contribution is -0.141. The molecule has 0 amide bonds. The summed E-state index contributed by atoms with van der Waals surface area (Å²) in [4.78, 5) is 12.5. The van der Waals surface area contributed by atoms with Gasteiger partial charge in [-0.05, 0) is 66.3 Å². The van der Waals surface area contributed by atoms with Crippen LogP contribution in [-0.4, -0.2) is 32.2 Å². The van der Waals surface area contributed by atoms with Crippen LogP contribution in [0.15, 0.2) is 49.1 Å². The number of benzene rings is 1.